The van der Waals surface area contributed by atoms with E-state index in [1.165, 1.54) is 22.8 Å². The summed E-state index contributed by atoms with van der Waals surface area (Å²) >= 11 is -2.45. The topological polar surface area (TPSA) is 6.48 Å². The standard InChI is InChI=1S/2C17H18N.C3H6.2ClH.Zr/c2*1-3-13-10-14-12-15(4-2)18(17(14)11-13)16-8-6-5-7-9-16;1-3-2;;;/h2*5-9,11-12,15H,3-4H2,1-2H3;1-2H3;2*1H;/q;;;;;+2/p-2. The van der Waals surface area contributed by atoms with E-state index in [1.54, 1.807) is 32.1 Å². The number of hydrogen-bond acceptors (Lipinski definition) is 2. The quantitative estimate of drug-likeness (QED) is 0.424. The summed E-state index contributed by atoms with van der Waals surface area (Å²) < 4.78 is 5.15. The largest absolute Gasteiger partial charge is 1.00 e. The van der Waals surface area contributed by atoms with E-state index in [0.717, 1.165) is 25.7 Å². The molecule has 0 saturated heterocycles. The third-order valence-electron chi connectivity index (χ3n) is 8.92. The van der Waals surface area contributed by atoms with Crippen molar-refractivity contribution < 1.29 is 46.1 Å². The summed E-state index contributed by atoms with van der Waals surface area (Å²) in [7, 11) is 0. The Kier molecular flexibility index (Phi) is 10.6. The third-order valence-corrected chi connectivity index (χ3v) is 16.7. The van der Waals surface area contributed by atoms with Gasteiger partial charge in [-0.2, -0.15) is 0 Å². The molecule has 4 aliphatic rings. The maximum Gasteiger partial charge on any atom is -1.00 e. The molecule has 0 N–H and O–H groups in total. The van der Waals surface area contributed by atoms with Crippen LogP contribution in [0, 0.1) is 0 Å². The second-order valence-corrected chi connectivity index (χ2v) is 18.2. The van der Waals surface area contributed by atoms with E-state index in [-0.39, 0.29) is 24.8 Å². The van der Waals surface area contributed by atoms with Crippen LogP contribution in [0.5, 0.6) is 0 Å². The first kappa shape index (κ1) is 32.7. The molecule has 0 saturated carbocycles. The zero-order chi connectivity index (χ0) is 28.0. The van der Waals surface area contributed by atoms with Crippen molar-refractivity contribution in [3.63, 3.8) is 0 Å². The average Bonchev–Trinajstić information content (AvgIpc) is 3.71. The number of benzene rings is 2. The molecule has 0 bridgehead atoms. The fourth-order valence-electron chi connectivity index (χ4n) is 7.07. The van der Waals surface area contributed by atoms with Crippen LogP contribution in [-0.4, -0.2) is 15.3 Å². The van der Waals surface area contributed by atoms with Crippen molar-refractivity contribution in [3.05, 3.63) is 125 Å². The molecule has 0 aromatic heterocycles. The number of fused-ring (bicyclic) bond motifs is 2. The molecular formula is C37H42Cl2N2Zr. The zero-order valence-corrected chi connectivity index (χ0v) is 29.7. The summed E-state index contributed by atoms with van der Waals surface area (Å²) in [5.41, 5.74) is 11.7. The van der Waals surface area contributed by atoms with Gasteiger partial charge in [0.1, 0.15) is 0 Å². The molecule has 2 aliphatic heterocycles. The molecule has 0 fully saturated rings. The summed E-state index contributed by atoms with van der Waals surface area (Å²) in [5.74, 6) is 0. The van der Waals surface area contributed by atoms with Gasteiger partial charge >= 0.3 is 250 Å². The number of rotatable bonds is 8. The third kappa shape index (κ3) is 5.36. The SMILES string of the molecule is CCC1=[C]([Zr+2]([C]2=C(CC)C=C3C2=CC(CC)N3c2ccccc2)=[C](C)C)C2=CC(CC)N(c3ccccc3)C2=C1.[Cl-].[Cl-]. The molecule has 218 valence electrons. The van der Waals surface area contributed by atoms with Crippen LogP contribution < -0.4 is 34.6 Å². The molecule has 2 aliphatic carbocycles. The summed E-state index contributed by atoms with van der Waals surface area (Å²) in [5, 5.41) is 0. The van der Waals surface area contributed by atoms with E-state index in [2.05, 4.69) is 136 Å². The van der Waals surface area contributed by atoms with Crippen LogP contribution in [0.3, 0.4) is 0 Å². The van der Waals surface area contributed by atoms with Crippen molar-refractivity contribution >= 4 is 14.6 Å². The van der Waals surface area contributed by atoms with Gasteiger partial charge in [0.25, 0.3) is 0 Å². The van der Waals surface area contributed by atoms with Gasteiger partial charge in [0, 0.05) is 0 Å². The van der Waals surface area contributed by atoms with Crippen molar-refractivity contribution in [1.29, 1.82) is 0 Å². The molecule has 0 radical (unpaired) electrons. The molecule has 6 rings (SSSR count). The monoisotopic (exact) mass is 674 g/mol. The van der Waals surface area contributed by atoms with Crippen LogP contribution in [0.25, 0.3) is 0 Å². The molecule has 2 unspecified atom stereocenters. The molecule has 2 aromatic rings. The first-order valence-electron chi connectivity index (χ1n) is 15.2. The predicted molar refractivity (Wildman–Crippen MR) is 169 cm³/mol. The van der Waals surface area contributed by atoms with Crippen molar-refractivity contribution in [1.82, 2.24) is 0 Å². The maximum atomic E-state index is 2.62. The first-order chi connectivity index (χ1) is 19.5. The molecule has 0 spiro atoms. The van der Waals surface area contributed by atoms with Gasteiger partial charge in [-0.3, -0.25) is 0 Å². The minimum atomic E-state index is -2.45. The normalized spacial score (nSPS) is 20.2. The average molecular weight is 677 g/mol. The molecular weight excluding hydrogens is 635 g/mol. The molecule has 42 heavy (non-hydrogen) atoms. The van der Waals surface area contributed by atoms with Crippen molar-refractivity contribution in [2.24, 2.45) is 0 Å². The number of allylic oxidation sites excluding steroid dienone is 6. The van der Waals surface area contributed by atoms with E-state index in [1.807, 2.05) is 0 Å². The number of anilines is 2. The number of nitrogens with zero attached hydrogens (tertiary/aromatic N) is 2. The molecule has 2 nitrogen and oxygen atoms in total. The van der Waals surface area contributed by atoms with Crippen molar-refractivity contribution in [2.45, 2.75) is 79.3 Å². The Hall–Kier alpha value is -2.19. The fourth-order valence-corrected chi connectivity index (χ4v) is 15.3. The Balaban J connectivity index is 0.00000202. The molecule has 2 aromatic carbocycles. The van der Waals surface area contributed by atoms with Crippen LogP contribution in [0.1, 0.15) is 67.2 Å². The minimum Gasteiger partial charge on any atom is -1.00 e. The summed E-state index contributed by atoms with van der Waals surface area (Å²) in [6.45, 7) is 14.3. The summed E-state index contributed by atoms with van der Waals surface area (Å²) in [6, 6.07) is 22.9. The smallest absolute Gasteiger partial charge is 1.00 e. The van der Waals surface area contributed by atoms with Crippen LogP contribution in [0.4, 0.5) is 11.4 Å². The maximum absolute atomic E-state index is 2.62. The first-order valence-corrected chi connectivity index (χ1v) is 18.9. The Morgan fingerprint density at radius 3 is 1.31 bits per heavy atom. The van der Waals surface area contributed by atoms with E-state index in [0.29, 0.717) is 12.1 Å². The van der Waals surface area contributed by atoms with E-state index in [9.17, 15) is 0 Å². The summed E-state index contributed by atoms with van der Waals surface area (Å²) in [4.78, 5) is 5.21. The van der Waals surface area contributed by atoms with Crippen LogP contribution in [-0.2, 0) is 21.3 Å². The van der Waals surface area contributed by atoms with Gasteiger partial charge in [-0.1, -0.05) is 0 Å². The zero-order valence-electron chi connectivity index (χ0n) is 25.7. The van der Waals surface area contributed by atoms with Gasteiger partial charge in [-0.15, -0.1) is 0 Å². The molecule has 0 amide bonds. The number of hydrogen-bond donors (Lipinski definition) is 0. The van der Waals surface area contributed by atoms with Gasteiger partial charge in [0.2, 0.25) is 0 Å². The van der Waals surface area contributed by atoms with Gasteiger partial charge in [-0.05, 0) is 0 Å². The second kappa shape index (κ2) is 13.6. The van der Waals surface area contributed by atoms with Crippen molar-refractivity contribution in [2.75, 3.05) is 9.80 Å². The van der Waals surface area contributed by atoms with Crippen LogP contribution >= 0.6 is 0 Å². The van der Waals surface area contributed by atoms with E-state index < -0.39 is 21.3 Å². The minimum absolute atomic E-state index is 0. The van der Waals surface area contributed by atoms with Gasteiger partial charge in [0.15, 0.2) is 0 Å². The summed E-state index contributed by atoms with van der Waals surface area (Å²) in [6.07, 6.45) is 14.7. The van der Waals surface area contributed by atoms with Gasteiger partial charge in [0.05, 0.1) is 0 Å². The van der Waals surface area contributed by atoms with Gasteiger partial charge < -0.3 is 24.8 Å². The Morgan fingerprint density at radius 1 is 0.619 bits per heavy atom. The Morgan fingerprint density at radius 2 is 1.00 bits per heavy atom. The van der Waals surface area contributed by atoms with Gasteiger partial charge in [-0.25, -0.2) is 0 Å². The number of para-hydroxylation sites is 2. The van der Waals surface area contributed by atoms with Crippen LogP contribution in [0.2, 0.25) is 0 Å². The molecule has 2 heterocycles. The van der Waals surface area contributed by atoms with E-state index >= 15 is 0 Å². The fraction of sp³-hybridized carbons (Fsp3) is 0.324. The Labute approximate surface area is 273 Å². The molecule has 2 atom stereocenters. The van der Waals surface area contributed by atoms with E-state index in [4.69, 9.17) is 0 Å². The predicted octanol–water partition coefficient (Wildman–Crippen LogP) is 3.40. The van der Waals surface area contributed by atoms with Crippen molar-refractivity contribution in [3.8, 4) is 0 Å². The molecule has 5 heteroatoms. The Bertz CT molecular complexity index is 1440. The number of halogens is 2. The second-order valence-electron chi connectivity index (χ2n) is 11.5. The van der Waals surface area contributed by atoms with Crippen LogP contribution in [0.15, 0.2) is 125 Å².